The number of carbonyl (C=O) groups is 1. The number of aromatic nitrogens is 2. The number of pyridine rings is 2. The van der Waals surface area contributed by atoms with Crippen LogP contribution in [0, 0.1) is 12.8 Å². The van der Waals surface area contributed by atoms with E-state index in [0.29, 0.717) is 31.9 Å². The minimum Gasteiger partial charge on any atom is -0.379 e. The maximum absolute atomic E-state index is 12.9. The second-order valence-corrected chi connectivity index (χ2v) is 7.18. The van der Waals surface area contributed by atoms with Gasteiger partial charge in [0.15, 0.2) is 0 Å². The van der Waals surface area contributed by atoms with E-state index in [4.69, 9.17) is 4.74 Å². The zero-order chi connectivity index (χ0) is 18.6. The monoisotopic (exact) mass is 361 g/mol. The summed E-state index contributed by atoms with van der Waals surface area (Å²) in [6.45, 7) is 4.50. The number of nitrogens with zero attached hydrogens (tertiary/aromatic N) is 3. The zero-order valence-electron chi connectivity index (χ0n) is 15.5. The summed E-state index contributed by atoms with van der Waals surface area (Å²) in [6.07, 6.45) is 6.09. The van der Waals surface area contributed by atoms with E-state index >= 15 is 0 Å². The van der Waals surface area contributed by atoms with E-state index in [1.54, 1.807) is 12.4 Å². The largest absolute Gasteiger partial charge is 0.379 e. The number of fused-ring (bicyclic) bond motifs is 1. The molecule has 5 nitrogen and oxygen atoms in total. The fourth-order valence-corrected chi connectivity index (χ4v) is 3.63. The number of hydrogen-bond donors (Lipinski definition) is 0. The van der Waals surface area contributed by atoms with Crippen molar-refractivity contribution in [1.29, 1.82) is 0 Å². The van der Waals surface area contributed by atoms with Crippen molar-refractivity contribution in [3.05, 3.63) is 71.7 Å². The van der Waals surface area contributed by atoms with Crippen LogP contribution in [0.25, 0.3) is 10.9 Å². The third-order valence-corrected chi connectivity index (χ3v) is 4.94. The van der Waals surface area contributed by atoms with E-state index in [0.717, 1.165) is 22.9 Å². The molecule has 2 aromatic heterocycles. The Hall–Kier alpha value is -2.79. The first-order valence-electron chi connectivity index (χ1n) is 9.31. The highest BCUT2D eigenvalue weighted by atomic mass is 16.5. The lowest BCUT2D eigenvalue weighted by atomic mass is 9.98. The van der Waals surface area contributed by atoms with Crippen LogP contribution in [-0.4, -0.2) is 47.1 Å². The van der Waals surface area contributed by atoms with Crippen LogP contribution in [-0.2, 0) is 11.2 Å². The summed E-state index contributed by atoms with van der Waals surface area (Å²) >= 11 is 0. The minimum absolute atomic E-state index is 0.0319. The number of carbonyl (C=O) groups excluding carboxylic acids is 1. The van der Waals surface area contributed by atoms with Gasteiger partial charge in [0.1, 0.15) is 0 Å². The Kier molecular flexibility index (Phi) is 5.12. The number of hydrogen-bond acceptors (Lipinski definition) is 4. The molecule has 138 valence electrons. The van der Waals surface area contributed by atoms with Crippen molar-refractivity contribution in [2.75, 3.05) is 26.3 Å². The van der Waals surface area contributed by atoms with E-state index in [-0.39, 0.29) is 11.8 Å². The predicted octanol–water partition coefficient (Wildman–Crippen LogP) is 3.27. The van der Waals surface area contributed by atoms with Crippen LogP contribution in [0.15, 0.2) is 55.0 Å². The molecule has 4 rings (SSSR count). The van der Waals surface area contributed by atoms with Crippen molar-refractivity contribution in [2.45, 2.75) is 13.3 Å². The van der Waals surface area contributed by atoms with Gasteiger partial charge in [-0.25, -0.2) is 0 Å². The Bertz CT molecular complexity index is 957. The van der Waals surface area contributed by atoms with Crippen LogP contribution in [0.3, 0.4) is 0 Å². The van der Waals surface area contributed by atoms with Crippen LogP contribution in [0.4, 0.5) is 0 Å². The third kappa shape index (κ3) is 4.14. The van der Waals surface area contributed by atoms with Crippen LogP contribution < -0.4 is 0 Å². The van der Waals surface area contributed by atoms with Crippen LogP contribution >= 0.6 is 0 Å². The van der Waals surface area contributed by atoms with Gasteiger partial charge in [0, 0.05) is 43.0 Å². The number of benzene rings is 1. The first-order chi connectivity index (χ1) is 13.2. The maximum atomic E-state index is 12.9. The summed E-state index contributed by atoms with van der Waals surface area (Å²) in [6, 6.07) is 12.3. The van der Waals surface area contributed by atoms with Crippen molar-refractivity contribution in [2.24, 2.45) is 5.92 Å². The lowest BCUT2D eigenvalue weighted by molar-refractivity contribution is 0.0737. The normalized spacial score (nSPS) is 17.7. The van der Waals surface area contributed by atoms with Gasteiger partial charge >= 0.3 is 0 Å². The average Bonchev–Trinajstić information content (AvgIpc) is 2.93. The zero-order valence-corrected chi connectivity index (χ0v) is 15.5. The third-order valence-electron chi connectivity index (χ3n) is 4.94. The molecular weight excluding hydrogens is 338 g/mol. The van der Waals surface area contributed by atoms with Crippen molar-refractivity contribution in [1.82, 2.24) is 14.9 Å². The van der Waals surface area contributed by atoms with Crippen molar-refractivity contribution >= 4 is 16.8 Å². The van der Waals surface area contributed by atoms with E-state index in [1.165, 1.54) is 5.56 Å². The van der Waals surface area contributed by atoms with Gasteiger partial charge < -0.3 is 9.64 Å². The van der Waals surface area contributed by atoms with E-state index in [9.17, 15) is 4.79 Å². The van der Waals surface area contributed by atoms with Crippen LogP contribution in [0.2, 0.25) is 0 Å². The molecule has 1 aliphatic rings. The highest BCUT2D eigenvalue weighted by molar-refractivity contribution is 5.94. The summed E-state index contributed by atoms with van der Waals surface area (Å²) < 4.78 is 5.78. The Morgan fingerprint density at radius 2 is 2.19 bits per heavy atom. The molecular formula is C22H23N3O2. The first kappa shape index (κ1) is 17.6. The van der Waals surface area contributed by atoms with Gasteiger partial charge in [0.2, 0.25) is 0 Å². The molecule has 5 heteroatoms. The summed E-state index contributed by atoms with van der Waals surface area (Å²) in [4.78, 5) is 23.3. The standard InChI is InChI=1S/C22H23N3O2/c1-16-9-20(13-23-12-16)22(26)25-7-8-27-15-18(14-25)10-17-4-5-21-19(11-17)3-2-6-24-21/h2-6,9,11-13,18H,7-8,10,14-15H2,1H3. The summed E-state index contributed by atoms with van der Waals surface area (Å²) in [5.41, 5.74) is 3.89. The lowest BCUT2D eigenvalue weighted by Crippen LogP contribution is -2.36. The SMILES string of the molecule is Cc1cncc(C(=O)N2CCOCC(Cc3ccc4ncccc4c3)C2)c1. The molecule has 0 radical (unpaired) electrons. The Morgan fingerprint density at radius 1 is 1.26 bits per heavy atom. The Morgan fingerprint density at radius 3 is 3.07 bits per heavy atom. The van der Waals surface area contributed by atoms with E-state index in [1.807, 2.05) is 30.2 Å². The summed E-state index contributed by atoms with van der Waals surface area (Å²) in [5.74, 6) is 0.299. The Balaban J connectivity index is 1.50. The number of ether oxygens (including phenoxy) is 1. The molecule has 0 N–H and O–H groups in total. The minimum atomic E-state index is 0.0319. The number of amides is 1. The molecule has 1 amide bonds. The second-order valence-electron chi connectivity index (χ2n) is 7.18. The molecule has 1 atom stereocenters. The number of rotatable bonds is 3. The summed E-state index contributed by atoms with van der Waals surface area (Å²) in [5, 5.41) is 1.14. The van der Waals surface area contributed by atoms with Gasteiger partial charge in [-0.05, 0) is 48.7 Å². The average molecular weight is 361 g/mol. The molecule has 27 heavy (non-hydrogen) atoms. The molecule has 1 saturated heterocycles. The van der Waals surface area contributed by atoms with E-state index < -0.39 is 0 Å². The predicted molar refractivity (Wildman–Crippen MR) is 105 cm³/mol. The van der Waals surface area contributed by atoms with Gasteiger partial charge in [-0.2, -0.15) is 0 Å². The maximum Gasteiger partial charge on any atom is 0.255 e. The van der Waals surface area contributed by atoms with Crippen molar-refractivity contribution in [3.8, 4) is 0 Å². The van der Waals surface area contributed by atoms with Crippen LogP contribution in [0.1, 0.15) is 21.5 Å². The van der Waals surface area contributed by atoms with Gasteiger partial charge in [0.25, 0.3) is 5.91 Å². The topological polar surface area (TPSA) is 55.3 Å². The summed E-state index contributed by atoms with van der Waals surface area (Å²) in [7, 11) is 0. The van der Waals surface area contributed by atoms with Gasteiger partial charge in [-0.1, -0.05) is 12.1 Å². The second kappa shape index (κ2) is 7.84. The van der Waals surface area contributed by atoms with Gasteiger partial charge in [0.05, 0.1) is 24.3 Å². The molecule has 0 bridgehead atoms. The van der Waals surface area contributed by atoms with Crippen LogP contribution in [0.5, 0.6) is 0 Å². The fourth-order valence-electron chi connectivity index (χ4n) is 3.63. The highest BCUT2D eigenvalue weighted by Crippen LogP contribution is 2.19. The van der Waals surface area contributed by atoms with Gasteiger partial charge in [-0.15, -0.1) is 0 Å². The molecule has 3 aromatic rings. The van der Waals surface area contributed by atoms with E-state index in [2.05, 4.69) is 34.2 Å². The van der Waals surface area contributed by atoms with Crippen molar-refractivity contribution < 1.29 is 9.53 Å². The molecule has 1 fully saturated rings. The quantitative estimate of drug-likeness (QED) is 0.718. The van der Waals surface area contributed by atoms with Crippen molar-refractivity contribution in [3.63, 3.8) is 0 Å². The molecule has 1 unspecified atom stereocenters. The first-order valence-corrected chi connectivity index (χ1v) is 9.31. The molecule has 1 aliphatic heterocycles. The smallest absolute Gasteiger partial charge is 0.255 e. The lowest BCUT2D eigenvalue weighted by Gasteiger charge is -2.24. The highest BCUT2D eigenvalue weighted by Gasteiger charge is 2.24. The molecule has 0 spiro atoms. The molecule has 3 heterocycles. The molecule has 0 saturated carbocycles. The van der Waals surface area contributed by atoms with Gasteiger partial charge in [-0.3, -0.25) is 14.8 Å². The number of aryl methyl sites for hydroxylation is 1. The fraction of sp³-hybridized carbons (Fsp3) is 0.318. The Labute approximate surface area is 159 Å². The molecule has 1 aromatic carbocycles. The molecule has 0 aliphatic carbocycles.